The second-order valence-corrected chi connectivity index (χ2v) is 7.57. The maximum Gasteiger partial charge on any atom is 0.338 e. The molecule has 0 atom stereocenters. The predicted octanol–water partition coefficient (Wildman–Crippen LogP) is 2.72. The molecule has 8 heteroatoms. The standard InChI is InChI=1S/C16H16BrNO5S/c1-18-24(20,21)14-5-3-4-11(9-14)16(19)23-10-12-8-13(17)6-7-15(12)22-2/h3-9,18H,10H2,1-2H3. The zero-order valence-electron chi connectivity index (χ0n) is 13.1. The summed E-state index contributed by atoms with van der Waals surface area (Å²) in [4.78, 5) is 12.2. The fourth-order valence-electron chi connectivity index (χ4n) is 1.99. The molecule has 2 aromatic carbocycles. The molecule has 0 aliphatic carbocycles. The number of benzene rings is 2. The molecule has 128 valence electrons. The Morgan fingerprint density at radius 3 is 2.62 bits per heavy atom. The first-order valence-electron chi connectivity index (χ1n) is 6.90. The van der Waals surface area contributed by atoms with Crippen LogP contribution in [0.25, 0.3) is 0 Å². The van der Waals surface area contributed by atoms with Gasteiger partial charge in [0.05, 0.1) is 17.6 Å². The number of nitrogens with one attached hydrogen (secondary N) is 1. The first-order chi connectivity index (χ1) is 11.4. The third kappa shape index (κ3) is 4.34. The average Bonchev–Trinajstić information content (AvgIpc) is 2.59. The summed E-state index contributed by atoms with van der Waals surface area (Å²) in [5.41, 5.74) is 0.847. The number of carbonyl (C=O) groups excluding carboxylic acids is 1. The maximum atomic E-state index is 12.2. The molecule has 0 fully saturated rings. The molecule has 0 aliphatic heterocycles. The largest absolute Gasteiger partial charge is 0.496 e. The molecule has 24 heavy (non-hydrogen) atoms. The Morgan fingerprint density at radius 1 is 1.21 bits per heavy atom. The maximum absolute atomic E-state index is 12.2. The van der Waals surface area contributed by atoms with Crippen LogP contribution in [0.5, 0.6) is 5.75 Å². The van der Waals surface area contributed by atoms with Crippen molar-refractivity contribution in [3.63, 3.8) is 0 Å². The van der Waals surface area contributed by atoms with Crippen LogP contribution in [0.4, 0.5) is 0 Å². The van der Waals surface area contributed by atoms with Gasteiger partial charge in [-0.3, -0.25) is 0 Å². The molecule has 0 heterocycles. The molecule has 0 unspecified atom stereocenters. The highest BCUT2D eigenvalue weighted by Gasteiger charge is 2.15. The number of halogens is 1. The second-order valence-electron chi connectivity index (χ2n) is 4.77. The first-order valence-corrected chi connectivity index (χ1v) is 9.18. The van der Waals surface area contributed by atoms with Crippen molar-refractivity contribution in [3.05, 3.63) is 58.1 Å². The van der Waals surface area contributed by atoms with Crippen molar-refractivity contribution in [3.8, 4) is 5.75 Å². The lowest BCUT2D eigenvalue weighted by Crippen LogP contribution is -2.19. The van der Waals surface area contributed by atoms with E-state index < -0.39 is 16.0 Å². The summed E-state index contributed by atoms with van der Waals surface area (Å²) in [6.07, 6.45) is 0. The Labute approximate surface area is 149 Å². The van der Waals surface area contributed by atoms with Crippen molar-refractivity contribution >= 4 is 31.9 Å². The Kier molecular flexibility index (Phi) is 5.98. The molecular formula is C16H16BrNO5S. The van der Waals surface area contributed by atoms with Gasteiger partial charge in [0.2, 0.25) is 10.0 Å². The third-order valence-electron chi connectivity index (χ3n) is 3.25. The molecular weight excluding hydrogens is 398 g/mol. The third-order valence-corrected chi connectivity index (χ3v) is 5.16. The summed E-state index contributed by atoms with van der Waals surface area (Å²) in [7, 11) is -0.788. The van der Waals surface area contributed by atoms with Gasteiger partial charge in [0.15, 0.2) is 0 Å². The molecule has 0 aromatic heterocycles. The zero-order chi connectivity index (χ0) is 17.7. The normalized spacial score (nSPS) is 11.1. The number of ether oxygens (including phenoxy) is 2. The summed E-state index contributed by atoms with van der Waals surface area (Å²) in [6.45, 7) is 0.00442. The van der Waals surface area contributed by atoms with E-state index in [1.54, 1.807) is 12.1 Å². The van der Waals surface area contributed by atoms with Crippen molar-refractivity contribution in [1.29, 1.82) is 0 Å². The Morgan fingerprint density at radius 2 is 1.96 bits per heavy atom. The highest BCUT2D eigenvalue weighted by Crippen LogP contribution is 2.24. The van der Waals surface area contributed by atoms with Crippen LogP contribution < -0.4 is 9.46 Å². The van der Waals surface area contributed by atoms with Gasteiger partial charge >= 0.3 is 5.97 Å². The van der Waals surface area contributed by atoms with Crippen LogP contribution in [0.3, 0.4) is 0 Å². The summed E-state index contributed by atoms with van der Waals surface area (Å²) < 4.78 is 37.1. The lowest BCUT2D eigenvalue weighted by molar-refractivity contribution is 0.0470. The lowest BCUT2D eigenvalue weighted by atomic mass is 10.2. The monoisotopic (exact) mass is 413 g/mol. The van der Waals surface area contributed by atoms with E-state index in [2.05, 4.69) is 20.7 Å². The number of methoxy groups -OCH3 is 1. The van der Waals surface area contributed by atoms with E-state index in [9.17, 15) is 13.2 Å². The van der Waals surface area contributed by atoms with E-state index in [-0.39, 0.29) is 17.1 Å². The number of esters is 1. The fourth-order valence-corrected chi connectivity index (χ4v) is 3.18. The molecule has 0 aliphatic rings. The Balaban J connectivity index is 2.17. The van der Waals surface area contributed by atoms with Gasteiger partial charge < -0.3 is 9.47 Å². The number of rotatable bonds is 6. The molecule has 2 rings (SSSR count). The van der Waals surface area contributed by atoms with Crippen molar-refractivity contribution < 1.29 is 22.7 Å². The summed E-state index contributed by atoms with van der Waals surface area (Å²) >= 11 is 3.35. The van der Waals surface area contributed by atoms with Crippen LogP contribution in [0, 0.1) is 0 Å². The molecule has 0 amide bonds. The van der Waals surface area contributed by atoms with Gasteiger partial charge in [0.1, 0.15) is 12.4 Å². The molecule has 2 aromatic rings. The zero-order valence-corrected chi connectivity index (χ0v) is 15.5. The highest BCUT2D eigenvalue weighted by molar-refractivity contribution is 9.10. The van der Waals surface area contributed by atoms with E-state index in [4.69, 9.17) is 9.47 Å². The second kappa shape index (κ2) is 7.78. The van der Waals surface area contributed by atoms with Crippen LogP contribution >= 0.6 is 15.9 Å². The van der Waals surface area contributed by atoms with E-state index in [1.165, 1.54) is 38.4 Å². The number of carbonyl (C=O) groups is 1. The smallest absolute Gasteiger partial charge is 0.338 e. The minimum atomic E-state index is -3.62. The minimum Gasteiger partial charge on any atom is -0.496 e. The van der Waals surface area contributed by atoms with Crippen LogP contribution in [0.2, 0.25) is 0 Å². The number of sulfonamides is 1. The molecule has 0 saturated carbocycles. The summed E-state index contributed by atoms with van der Waals surface area (Å²) in [6, 6.07) is 11.0. The molecule has 1 N–H and O–H groups in total. The molecule has 0 radical (unpaired) electrons. The van der Waals surface area contributed by atoms with Crippen molar-refractivity contribution in [2.24, 2.45) is 0 Å². The molecule has 0 spiro atoms. The van der Waals surface area contributed by atoms with Gasteiger partial charge in [-0.05, 0) is 43.4 Å². The first kappa shape index (κ1) is 18.4. The van der Waals surface area contributed by atoms with Crippen LogP contribution in [0.1, 0.15) is 15.9 Å². The van der Waals surface area contributed by atoms with E-state index in [1.807, 2.05) is 6.07 Å². The lowest BCUT2D eigenvalue weighted by Gasteiger charge is -2.10. The van der Waals surface area contributed by atoms with Crippen LogP contribution in [0.15, 0.2) is 51.8 Å². The van der Waals surface area contributed by atoms with E-state index >= 15 is 0 Å². The van der Waals surface area contributed by atoms with Gasteiger partial charge in [-0.2, -0.15) is 0 Å². The summed E-state index contributed by atoms with van der Waals surface area (Å²) in [5.74, 6) is -0.0253. The van der Waals surface area contributed by atoms with Crippen molar-refractivity contribution in [2.75, 3.05) is 14.2 Å². The van der Waals surface area contributed by atoms with E-state index in [0.717, 1.165) is 4.47 Å². The molecule has 0 bridgehead atoms. The van der Waals surface area contributed by atoms with Gasteiger partial charge in [-0.25, -0.2) is 17.9 Å². The van der Waals surface area contributed by atoms with Gasteiger partial charge in [-0.1, -0.05) is 22.0 Å². The number of hydrogen-bond acceptors (Lipinski definition) is 5. The van der Waals surface area contributed by atoms with Crippen molar-refractivity contribution in [1.82, 2.24) is 4.72 Å². The van der Waals surface area contributed by atoms with Gasteiger partial charge in [0, 0.05) is 10.0 Å². The average molecular weight is 414 g/mol. The van der Waals surface area contributed by atoms with Gasteiger partial charge in [-0.15, -0.1) is 0 Å². The fraction of sp³-hybridized carbons (Fsp3) is 0.188. The van der Waals surface area contributed by atoms with Crippen LogP contribution in [-0.4, -0.2) is 28.5 Å². The predicted molar refractivity (Wildman–Crippen MR) is 92.5 cm³/mol. The number of hydrogen-bond donors (Lipinski definition) is 1. The summed E-state index contributed by atoms with van der Waals surface area (Å²) in [5, 5.41) is 0. The Hall–Kier alpha value is -1.90. The Bertz CT molecular complexity index is 851. The highest BCUT2D eigenvalue weighted by atomic mass is 79.9. The minimum absolute atomic E-state index is 0.000476. The van der Waals surface area contributed by atoms with Crippen molar-refractivity contribution in [2.45, 2.75) is 11.5 Å². The van der Waals surface area contributed by atoms with Gasteiger partial charge in [0.25, 0.3) is 0 Å². The van der Waals surface area contributed by atoms with Crippen LogP contribution in [-0.2, 0) is 21.4 Å². The van der Waals surface area contributed by atoms with E-state index in [0.29, 0.717) is 11.3 Å². The topological polar surface area (TPSA) is 81.7 Å². The molecule has 0 saturated heterocycles. The SMILES string of the molecule is CNS(=O)(=O)c1cccc(C(=O)OCc2cc(Br)ccc2OC)c1. The molecule has 6 nitrogen and oxygen atoms in total. The quantitative estimate of drug-likeness (QED) is 0.736.